The molecule has 2 aromatic rings. The van der Waals surface area contributed by atoms with Gasteiger partial charge in [0.15, 0.2) is 13.2 Å². The minimum absolute atomic E-state index is 0.271. The number of thiophene rings is 1. The van der Waals surface area contributed by atoms with E-state index < -0.39 is 18.5 Å². The van der Waals surface area contributed by atoms with Crippen molar-refractivity contribution in [1.29, 1.82) is 5.26 Å². The molecule has 0 radical (unpaired) electrons. The van der Waals surface area contributed by atoms with Gasteiger partial charge in [0.1, 0.15) is 16.8 Å². The van der Waals surface area contributed by atoms with Crippen LogP contribution in [0.5, 0.6) is 5.75 Å². The van der Waals surface area contributed by atoms with E-state index in [4.69, 9.17) is 9.47 Å². The summed E-state index contributed by atoms with van der Waals surface area (Å²) in [5, 5.41) is 12.7. The number of hydrogen-bond donors (Lipinski definition) is 1. The Labute approximate surface area is 168 Å². The largest absolute Gasteiger partial charge is 0.482 e. The van der Waals surface area contributed by atoms with Gasteiger partial charge in [0.05, 0.1) is 5.56 Å². The third-order valence-corrected chi connectivity index (χ3v) is 5.85. The zero-order valence-corrected chi connectivity index (χ0v) is 16.7. The third kappa shape index (κ3) is 4.70. The van der Waals surface area contributed by atoms with Crippen molar-refractivity contribution in [2.24, 2.45) is 5.92 Å². The van der Waals surface area contributed by atoms with Gasteiger partial charge in [0, 0.05) is 4.88 Å². The van der Waals surface area contributed by atoms with Gasteiger partial charge in [-0.05, 0) is 49.3 Å². The first kappa shape index (κ1) is 19.9. The molecule has 0 saturated heterocycles. The van der Waals surface area contributed by atoms with Gasteiger partial charge in [-0.3, -0.25) is 4.79 Å². The highest BCUT2D eigenvalue weighted by atomic mass is 32.1. The summed E-state index contributed by atoms with van der Waals surface area (Å²) in [6, 6.07) is 9.53. The Kier molecular flexibility index (Phi) is 6.32. The summed E-state index contributed by atoms with van der Waals surface area (Å²) in [6.45, 7) is 3.38. The summed E-state index contributed by atoms with van der Waals surface area (Å²) in [4.78, 5) is 25.1. The molecule has 7 heteroatoms. The standard InChI is InChI=1S/C21H22N2O4S/c1-13-7-8-15-16(10-22)21(28-18(15)9-13)23-19(24)11-27-20(25)12-26-17-6-4-3-5-14(17)2/h3-6,13H,7-9,11-12H2,1-2H3,(H,23,24)/t13-/m0/s1. The molecule has 1 atom stereocenters. The summed E-state index contributed by atoms with van der Waals surface area (Å²) in [5.74, 6) is 0.0852. The zero-order chi connectivity index (χ0) is 20.1. The maximum absolute atomic E-state index is 12.2. The quantitative estimate of drug-likeness (QED) is 0.751. The monoisotopic (exact) mass is 398 g/mol. The van der Waals surface area contributed by atoms with Gasteiger partial charge in [-0.15, -0.1) is 11.3 Å². The maximum atomic E-state index is 12.2. The van der Waals surface area contributed by atoms with Gasteiger partial charge >= 0.3 is 5.97 Å². The van der Waals surface area contributed by atoms with Crippen molar-refractivity contribution in [3.63, 3.8) is 0 Å². The average Bonchev–Trinajstić information content (AvgIpc) is 3.01. The molecule has 1 heterocycles. The summed E-state index contributed by atoms with van der Waals surface area (Å²) < 4.78 is 10.4. The summed E-state index contributed by atoms with van der Waals surface area (Å²) in [5.41, 5.74) is 2.49. The molecule has 1 aliphatic rings. The van der Waals surface area contributed by atoms with Gasteiger partial charge in [0.25, 0.3) is 5.91 Å². The average molecular weight is 398 g/mol. The first-order valence-electron chi connectivity index (χ1n) is 9.16. The Bertz CT molecular complexity index is 929. The molecule has 146 valence electrons. The Hall–Kier alpha value is -2.85. The first-order chi connectivity index (χ1) is 13.5. The molecule has 3 rings (SSSR count). The number of aryl methyl sites for hydroxylation is 1. The minimum Gasteiger partial charge on any atom is -0.482 e. The number of ether oxygens (including phenoxy) is 2. The number of hydrogen-bond acceptors (Lipinski definition) is 6. The van der Waals surface area contributed by atoms with E-state index in [1.54, 1.807) is 6.07 Å². The molecular weight excluding hydrogens is 376 g/mol. The summed E-state index contributed by atoms with van der Waals surface area (Å²) in [6.07, 6.45) is 2.83. The van der Waals surface area contributed by atoms with Crippen LogP contribution in [-0.2, 0) is 27.2 Å². The van der Waals surface area contributed by atoms with E-state index in [9.17, 15) is 14.9 Å². The number of nitrogens with one attached hydrogen (secondary N) is 1. The van der Waals surface area contributed by atoms with Crippen LogP contribution in [0.4, 0.5) is 5.00 Å². The molecule has 0 aliphatic heterocycles. The molecular formula is C21H22N2O4S. The van der Waals surface area contributed by atoms with Crippen molar-refractivity contribution >= 4 is 28.2 Å². The molecule has 0 spiro atoms. The summed E-state index contributed by atoms with van der Waals surface area (Å²) in [7, 11) is 0. The number of carbonyl (C=O) groups is 2. The van der Waals surface area contributed by atoms with Crippen LogP contribution in [0.25, 0.3) is 0 Å². The Morgan fingerprint density at radius 3 is 2.86 bits per heavy atom. The van der Waals surface area contributed by atoms with E-state index in [0.29, 0.717) is 22.2 Å². The molecule has 1 N–H and O–H groups in total. The van der Waals surface area contributed by atoms with Gasteiger partial charge in [0.2, 0.25) is 0 Å². The Balaban J connectivity index is 1.51. The van der Waals surface area contributed by atoms with E-state index >= 15 is 0 Å². The van der Waals surface area contributed by atoms with Crippen LogP contribution in [0.3, 0.4) is 0 Å². The van der Waals surface area contributed by atoms with Gasteiger partial charge in [-0.25, -0.2) is 4.79 Å². The number of nitriles is 1. The highest BCUT2D eigenvalue weighted by molar-refractivity contribution is 7.16. The fraction of sp³-hybridized carbons (Fsp3) is 0.381. The van der Waals surface area contributed by atoms with Gasteiger partial charge in [-0.2, -0.15) is 5.26 Å². The highest BCUT2D eigenvalue weighted by Crippen LogP contribution is 2.39. The summed E-state index contributed by atoms with van der Waals surface area (Å²) >= 11 is 1.44. The number of nitrogens with zero attached hydrogens (tertiary/aromatic N) is 1. The highest BCUT2D eigenvalue weighted by Gasteiger charge is 2.24. The Morgan fingerprint density at radius 1 is 1.32 bits per heavy atom. The number of esters is 1. The lowest BCUT2D eigenvalue weighted by Gasteiger charge is -2.17. The number of amides is 1. The number of anilines is 1. The fourth-order valence-electron chi connectivity index (χ4n) is 3.16. The molecule has 28 heavy (non-hydrogen) atoms. The molecule has 1 amide bonds. The van der Waals surface area contributed by atoms with Crippen LogP contribution in [0, 0.1) is 24.2 Å². The van der Waals surface area contributed by atoms with Crippen molar-refractivity contribution in [1.82, 2.24) is 0 Å². The number of rotatable bonds is 6. The van der Waals surface area contributed by atoms with Crippen molar-refractivity contribution in [2.45, 2.75) is 33.1 Å². The molecule has 0 saturated carbocycles. The zero-order valence-electron chi connectivity index (χ0n) is 15.9. The van der Waals surface area contributed by atoms with Crippen molar-refractivity contribution < 1.29 is 19.1 Å². The predicted molar refractivity (Wildman–Crippen MR) is 106 cm³/mol. The van der Waals surface area contributed by atoms with Crippen LogP contribution >= 0.6 is 11.3 Å². The van der Waals surface area contributed by atoms with Crippen LogP contribution in [0.1, 0.15) is 34.9 Å². The molecule has 6 nitrogen and oxygen atoms in total. The third-order valence-electron chi connectivity index (χ3n) is 4.68. The normalized spacial score (nSPS) is 15.2. The second-order valence-electron chi connectivity index (χ2n) is 6.93. The first-order valence-corrected chi connectivity index (χ1v) is 9.98. The Morgan fingerprint density at radius 2 is 2.11 bits per heavy atom. The van der Waals surface area contributed by atoms with Crippen molar-refractivity contribution in [3.05, 3.63) is 45.8 Å². The van der Waals surface area contributed by atoms with Crippen molar-refractivity contribution in [3.8, 4) is 11.8 Å². The van der Waals surface area contributed by atoms with E-state index in [1.165, 1.54) is 11.3 Å². The number of para-hydroxylation sites is 1. The minimum atomic E-state index is -0.627. The van der Waals surface area contributed by atoms with Crippen LogP contribution in [0.2, 0.25) is 0 Å². The molecule has 1 aliphatic carbocycles. The predicted octanol–water partition coefficient (Wildman–Crippen LogP) is 3.61. The van der Waals surface area contributed by atoms with Crippen LogP contribution in [-0.4, -0.2) is 25.1 Å². The van der Waals surface area contributed by atoms with Gasteiger partial charge in [-0.1, -0.05) is 25.1 Å². The van der Waals surface area contributed by atoms with E-state index in [0.717, 1.165) is 35.3 Å². The van der Waals surface area contributed by atoms with Crippen LogP contribution < -0.4 is 10.1 Å². The van der Waals surface area contributed by atoms with E-state index in [1.807, 2.05) is 25.1 Å². The van der Waals surface area contributed by atoms with E-state index in [2.05, 4.69) is 18.3 Å². The number of fused-ring (bicyclic) bond motifs is 1. The SMILES string of the molecule is Cc1ccccc1OCC(=O)OCC(=O)Nc1sc2c(c1C#N)CC[C@H](C)C2. The second-order valence-corrected chi connectivity index (χ2v) is 8.04. The topological polar surface area (TPSA) is 88.4 Å². The molecule has 1 aromatic carbocycles. The lowest BCUT2D eigenvalue weighted by Crippen LogP contribution is -2.23. The maximum Gasteiger partial charge on any atom is 0.344 e. The lowest BCUT2D eigenvalue weighted by atomic mass is 9.89. The van der Waals surface area contributed by atoms with Crippen molar-refractivity contribution in [2.75, 3.05) is 18.5 Å². The molecule has 0 bridgehead atoms. The fourth-order valence-corrected chi connectivity index (χ4v) is 4.54. The van der Waals surface area contributed by atoms with E-state index in [-0.39, 0.29) is 6.61 Å². The van der Waals surface area contributed by atoms with Crippen LogP contribution in [0.15, 0.2) is 24.3 Å². The molecule has 0 fully saturated rings. The molecule has 1 aromatic heterocycles. The number of carbonyl (C=O) groups excluding carboxylic acids is 2. The van der Waals surface area contributed by atoms with Gasteiger partial charge < -0.3 is 14.8 Å². The molecule has 0 unspecified atom stereocenters. The second kappa shape index (κ2) is 8.89. The lowest BCUT2D eigenvalue weighted by molar-refractivity contribution is -0.149. The number of benzene rings is 1. The smallest absolute Gasteiger partial charge is 0.344 e.